The van der Waals surface area contributed by atoms with Crippen molar-refractivity contribution in [1.82, 2.24) is 4.72 Å². The molecule has 0 amide bonds. The van der Waals surface area contributed by atoms with Crippen molar-refractivity contribution in [3.05, 3.63) is 24.0 Å². The second kappa shape index (κ2) is 5.07. The Balaban J connectivity index is 2.16. The van der Waals surface area contributed by atoms with Crippen LogP contribution in [0.25, 0.3) is 0 Å². The molecule has 2 rings (SSSR count). The van der Waals surface area contributed by atoms with Crippen molar-refractivity contribution in [2.45, 2.75) is 30.3 Å². The standard InChI is InChI=1S/C12H17FN2O3S/c1-12(5-2-6-18-12)8-15-19(16,17)11-7-9(14)3-4-10(11)13/h3-4,7,15H,2,5-6,8,14H2,1H3. The van der Waals surface area contributed by atoms with E-state index in [-0.39, 0.29) is 12.2 Å². The SMILES string of the molecule is CC1(CNS(=O)(=O)c2cc(N)ccc2F)CCCO1. The highest BCUT2D eigenvalue weighted by Crippen LogP contribution is 2.25. The zero-order valence-corrected chi connectivity index (χ0v) is 11.5. The number of anilines is 1. The van der Waals surface area contributed by atoms with Crippen LogP contribution in [-0.4, -0.2) is 27.2 Å². The first-order valence-corrected chi connectivity index (χ1v) is 7.49. The van der Waals surface area contributed by atoms with E-state index in [1.807, 2.05) is 6.92 Å². The highest BCUT2D eigenvalue weighted by atomic mass is 32.2. The van der Waals surface area contributed by atoms with Crippen LogP contribution in [0.4, 0.5) is 10.1 Å². The second-order valence-corrected chi connectivity index (χ2v) is 6.65. The average molecular weight is 288 g/mol. The topological polar surface area (TPSA) is 81.4 Å². The number of sulfonamides is 1. The second-order valence-electron chi connectivity index (χ2n) is 4.92. The molecule has 1 atom stereocenters. The number of ether oxygens (including phenoxy) is 1. The molecule has 3 N–H and O–H groups in total. The molecule has 7 heteroatoms. The summed E-state index contributed by atoms with van der Waals surface area (Å²) in [7, 11) is -3.92. The van der Waals surface area contributed by atoms with E-state index in [9.17, 15) is 12.8 Å². The summed E-state index contributed by atoms with van der Waals surface area (Å²) in [6.45, 7) is 2.56. The fourth-order valence-electron chi connectivity index (χ4n) is 2.03. The summed E-state index contributed by atoms with van der Waals surface area (Å²) in [6, 6.07) is 3.46. The Morgan fingerprint density at radius 3 is 2.89 bits per heavy atom. The molecule has 1 aromatic carbocycles. The van der Waals surface area contributed by atoms with Gasteiger partial charge in [-0.25, -0.2) is 17.5 Å². The van der Waals surface area contributed by atoms with Gasteiger partial charge in [-0.2, -0.15) is 0 Å². The number of hydrogen-bond donors (Lipinski definition) is 2. The summed E-state index contributed by atoms with van der Waals surface area (Å²) in [5, 5.41) is 0. The van der Waals surface area contributed by atoms with Gasteiger partial charge in [0.15, 0.2) is 0 Å². The maximum atomic E-state index is 13.6. The number of benzene rings is 1. The van der Waals surface area contributed by atoms with Crippen molar-refractivity contribution in [2.24, 2.45) is 0 Å². The number of rotatable bonds is 4. The first-order valence-electron chi connectivity index (χ1n) is 6.01. The van der Waals surface area contributed by atoms with Crippen molar-refractivity contribution in [2.75, 3.05) is 18.9 Å². The Bertz CT molecular complexity index is 568. The zero-order chi connectivity index (χ0) is 14.1. The number of nitrogen functional groups attached to an aromatic ring is 1. The van der Waals surface area contributed by atoms with Crippen molar-refractivity contribution in [3.8, 4) is 0 Å². The largest absolute Gasteiger partial charge is 0.399 e. The summed E-state index contributed by atoms with van der Waals surface area (Å²) in [6.07, 6.45) is 1.67. The Labute approximate surface area is 112 Å². The lowest BCUT2D eigenvalue weighted by molar-refractivity contribution is 0.0250. The quantitative estimate of drug-likeness (QED) is 0.817. The molecule has 1 heterocycles. The molecule has 0 aliphatic carbocycles. The molecule has 0 saturated carbocycles. The molecule has 1 fully saturated rings. The van der Waals surface area contributed by atoms with Crippen LogP contribution in [-0.2, 0) is 14.8 Å². The third-order valence-corrected chi connectivity index (χ3v) is 4.60. The van der Waals surface area contributed by atoms with Crippen LogP contribution in [0.5, 0.6) is 0 Å². The molecular formula is C12H17FN2O3S. The third kappa shape index (κ3) is 3.23. The van der Waals surface area contributed by atoms with Gasteiger partial charge in [-0.3, -0.25) is 0 Å². The van der Waals surface area contributed by atoms with E-state index in [0.29, 0.717) is 6.61 Å². The Hall–Kier alpha value is -1.18. The lowest BCUT2D eigenvalue weighted by Gasteiger charge is -2.23. The Morgan fingerprint density at radius 1 is 1.53 bits per heavy atom. The molecule has 1 aliphatic heterocycles. The summed E-state index contributed by atoms with van der Waals surface area (Å²) in [5.74, 6) is -0.820. The molecule has 106 valence electrons. The van der Waals surface area contributed by atoms with Crippen LogP contribution in [0.2, 0.25) is 0 Å². The molecular weight excluding hydrogens is 271 g/mol. The molecule has 1 aliphatic rings. The van der Waals surface area contributed by atoms with E-state index >= 15 is 0 Å². The van der Waals surface area contributed by atoms with Crippen LogP contribution >= 0.6 is 0 Å². The maximum absolute atomic E-state index is 13.6. The van der Waals surface area contributed by atoms with Gasteiger partial charge in [-0.1, -0.05) is 0 Å². The molecule has 0 bridgehead atoms. The minimum atomic E-state index is -3.92. The highest BCUT2D eigenvalue weighted by Gasteiger charge is 2.32. The fraction of sp³-hybridized carbons (Fsp3) is 0.500. The molecule has 5 nitrogen and oxygen atoms in total. The van der Waals surface area contributed by atoms with Crippen molar-refractivity contribution in [3.63, 3.8) is 0 Å². The van der Waals surface area contributed by atoms with E-state index in [2.05, 4.69) is 4.72 Å². The minimum absolute atomic E-state index is 0.115. The van der Waals surface area contributed by atoms with Gasteiger partial charge in [0.1, 0.15) is 10.7 Å². The first kappa shape index (κ1) is 14.2. The van der Waals surface area contributed by atoms with Gasteiger partial charge in [0.05, 0.1) is 5.60 Å². The van der Waals surface area contributed by atoms with E-state index < -0.39 is 26.3 Å². The molecule has 19 heavy (non-hydrogen) atoms. The van der Waals surface area contributed by atoms with Crippen LogP contribution in [0, 0.1) is 5.82 Å². The number of nitrogens with two attached hydrogens (primary N) is 1. The third-order valence-electron chi connectivity index (χ3n) is 3.18. The van der Waals surface area contributed by atoms with Gasteiger partial charge in [-0.15, -0.1) is 0 Å². The average Bonchev–Trinajstić information content (AvgIpc) is 2.78. The van der Waals surface area contributed by atoms with E-state index in [1.54, 1.807) is 0 Å². The number of hydrogen-bond acceptors (Lipinski definition) is 4. The summed E-state index contributed by atoms with van der Waals surface area (Å²) < 4.78 is 45.5. The van der Waals surface area contributed by atoms with Crippen LogP contribution < -0.4 is 10.5 Å². The summed E-state index contributed by atoms with van der Waals surface area (Å²) in [5.41, 5.74) is 5.16. The summed E-state index contributed by atoms with van der Waals surface area (Å²) >= 11 is 0. The van der Waals surface area contributed by atoms with Crippen molar-refractivity contribution in [1.29, 1.82) is 0 Å². The normalized spacial score (nSPS) is 23.7. The van der Waals surface area contributed by atoms with Crippen molar-refractivity contribution >= 4 is 15.7 Å². The van der Waals surface area contributed by atoms with E-state index in [1.165, 1.54) is 6.07 Å². The fourth-order valence-corrected chi connectivity index (χ4v) is 3.29. The van der Waals surface area contributed by atoms with Gasteiger partial charge in [0.25, 0.3) is 0 Å². The monoisotopic (exact) mass is 288 g/mol. The van der Waals surface area contributed by atoms with Gasteiger partial charge >= 0.3 is 0 Å². The zero-order valence-electron chi connectivity index (χ0n) is 10.6. The lowest BCUT2D eigenvalue weighted by atomic mass is 10.0. The van der Waals surface area contributed by atoms with Crippen LogP contribution in [0.3, 0.4) is 0 Å². The molecule has 0 radical (unpaired) electrons. The van der Waals surface area contributed by atoms with Crippen LogP contribution in [0.1, 0.15) is 19.8 Å². The predicted molar refractivity (Wildman–Crippen MR) is 69.6 cm³/mol. The van der Waals surface area contributed by atoms with E-state index in [0.717, 1.165) is 25.0 Å². The summed E-state index contributed by atoms with van der Waals surface area (Å²) in [4.78, 5) is -0.436. The maximum Gasteiger partial charge on any atom is 0.243 e. The van der Waals surface area contributed by atoms with Gasteiger partial charge in [0.2, 0.25) is 10.0 Å². The van der Waals surface area contributed by atoms with E-state index in [4.69, 9.17) is 10.5 Å². The number of halogens is 1. The van der Waals surface area contributed by atoms with Gasteiger partial charge < -0.3 is 10.5 Å². The van der Waals surface area contributed by atoms with Gasteiger partial charge in [0, 0.05) is 18.8 Å². The Morgan fingerprint density at radius 2 is 2.26 bits per heavy atom. The predicted octanol–water partition coefficient (Wildman–Crippen LogP) is 1.26. The lowest BCUT2D eigenvalue weighted by Crippen LogP contribution is -2.40. The molecule has 1 unspecified atom stereocenters. The molecule has 0 spiro atoms. The highest BCUT2D eigenvalue weighted by molar-refractivity contribution is 7.89. The minimum Gasteiger partial charge on any atom is -0.399 e. The van der Waals surface area contributed by atoms with Gasteiger partial charge in [-0.05, 0) is 38.0 Å². The molecule has 1 aromatic rings. The van der Waals surface area contributed by atoms with Crippen molar-refractivity contribution < 1.29 is 17.5 Å². The Kier molecular flexibility index (Phi) is 3.80. The molecule has 1 saturated heterocycles. The smallest absolute Gasteiger partial charge is 0.243 e. The first-order chi connectivity index (χ1) is 8.82. The molecule has 0 aromatic heterocycles. The number of nitrogens with one attached hydrogen (secondary N) is 1. The van der Waals surface area contributed by atoms with Crippen LogP contribution in [0.15, 0.2) is 23.1 Å².